The molecule has 1 unspecified atom stereocenters. The maximum Gasteiger partial charge on any atom is 0.0221 e. The highest BCUT2D eigenvalue weighted by Crippen LogP contribution is 2.38. The zero-order valence-electron chi connectivity index (χ0n) is 9.18. The van der Waals surface area contributed by atoms with Crippen molar-refractivity contribution < 1.29 is 0 Å². The summed E-state index contributed by atoms with van der Waals surface area (Å²) in [6, 6.07) is 0. The number of nitrogens with two attached hydrogens (primary N) is 1. The largest absolute Gasteiger partial charge is 0.329 e. The lowest BCUT2D eigenvalue weighted by Crippen LogP contribution is -2.32. The molecule has 0 heterocycles. The normalized spacial score (nSPS) is 22.2. The molecule has 1 aliphatic rings. The summed E-state index contributed by atoms with van der Waals surface area (Å²) < 4.78 is 0. The topological polar surface area (TPSA) is 26.0 Å². The Bertz CT molecular complexity index is 145. The summed E-state index contributed by atoms with van der Waals surface area (Å²) in [6.07, 6.45) is 5.69. The molecule has 2 N–H and O–H groups in total. The van der Waals surface area contributed by atoms with Crippen molar-refractivity contribution >= 4 is 11.8 Å². The lowest BCUT2D eigenvalue weighted by molar-refractivity contribution is 0.397. The van der Waals surface area contributed by atoms with Crippen LogP contribution in [0, 0.1) is 5.41 Å². The van der Waals surface area contributed by atoms with Crippen LogP contribution >= 0.6 is 11.8 Å². The van der Waals surface area contributed by atoms with E-state index in [0.29, 0.717) is 10.7 Å². The number of rotatable bonds is 3. The van der Waals surface area contributed by atoms with Crippen molar-refractivity contribution in [3.8, 4) is 0 Å². The molecule has 0 bridgehead atoms. The van der Waals surface area contributed by atoms with Crippen LogP contribution in [0.3, 0.4) is 0 Å². The molecular weight excluding hydrogens is 178 g/mol. The second-order valence-corrected chi connectivity index (χ2v) is 6.64. The first-order valence-electron chi connectivity index (χ1n) is 5.39. The Balaban J connectivity index is 2.39. The van der Waals surface area contributed by atoms with E-state index in [4.69, 9.17) is 5.73 Å². The van der Waals surface area contributed by atoms with Crippen molar-refractivity contribution in [2.75, 3.05) is 6.54 Å². The van der Waals surface area contributed by atoms with E-state index >= 15 is 0 Å². The van der Waals surface area contributed by atoms with Gasteiger partial charge in [-0.3, -0.25) is 0 Å². The molecule has 0 aromatic heterocycles. The first-order valence-corrected chi connectivity index (χ1v) is 6.34. The molecule has 0 aliphatic heterocycles. The maximum atomic E-state index is 5.82. The van der Waals surface area contributed by atoms with E-state index in [1.165, 1.54) is 25.7 Å². The van der Waals surface area contributed by atoms with Crippen LogP contribution in [-0.2, 0) is 0 Å². The van der Waals surface area contributed by atoms with Crippen molar-refractivity contribution in [1.82, 2.24) is 0 Å². The molecule has 78 valence electrons. The lowest BCUT2D eigenvalue weighted by atomic mass is 9.92. The van der Waals surface area contributed by atoms with Gasteiger partial charge in [0.15, 0.2) is 0 Å². The highest BCUT2D eigenvalue weighted by atomic mass is 32.2. The average molecular weight is 201 g/mol. The first kappa shape index (κ1) is 11.4. The summed E-state index contributed by atoms with van der Waals surface area (Å²) in [4.78, 5) is 0. The third kappa shape index (κ3) is 3.51. The number of hydrogen-bond acceptors (Lipinski definition) is 2. The van der Waals surface area contributed by atoms with Crippen molar-refractivity contribution in [2.24, 2.45) is 11.1 Å². The van der Waals surface area contributed by atoms with E-state index in [2.05, 4.69) is 32.5 Å². The minimum absolute atomic E-state index is 0.363. The predicted molar refractivity (Wildman–Crippen MR) is 62.1 cm³/mol. The summed E-state index contributed by atoms with van der Waals surface area (Å²) in [6.45, 7) is 7.72. The molecule has 1 saturated carbocycles. The molecule has 0 saturated heterocycles. The molecular formula is C11H23NS. The molecule has 0 aromatic carbocycles. The fraction of sp³-hybridized carbons (Fsp3) is 1.00. The van der Waals surface area contributed by atoms with Crippen LogP contribution in [-0.4, -0.2) is 17.0 Å². The van der Waals surface area contributed by atoms with E-state index in [1.54, 1.807) is 0 Å². The van der Waals surface area contributed by atoms with E-state index in [9.17, 15) is 0 Å². The first-order chi connectivity index (χ1) is 6.04. The Hall–Kier alpha value is 0.310. The summed E-state index contributed by atoms with van der Waals surface area (Å²) >= 11 is 2.13. The van der Waals surface area contributed by atoms with Crippen LogP contribution in [0.4, 0.5) is 0 Å². The van der Waals surface area contributed by atoms with Crippen molar-refractivity contribution in [1.29, 1.82) is 0 Å². The molecule has 13 heavy (non-hydrogen) atoms. The smallest absolute Gasteiger partial charge is 0.0221 e. The van der Waals surface area contributed by atoms with Gasteiger partial charge in [-0.25, -0.2) is 0 Å². The summed E-state index contributed by atoms with van der Waals surface area (Å²) in [7, 11) is 0. The van der Waals surface area contributed by atoms with Gasteiger partial charge >= 0.3 is 0 Å². The van der Waals surface area contributed by atoms with Gasteiger partial charge in [0.1, 0.15) is 0 Å². The quantitative estimate of drug-likeness (QED) is 0.759. The van der Waals surface area contributed by atoms with Gasteiger partial charge in [0, 0.05) is 17.0 Å². The molecule has 2 heteroatoms. The Kier molecular flexibility index (Phi) is 4.11. The van der Waals surface area contributed by atoms with Gasteiger partial charge in [-0.15, -0.1) is 0 Å². The molecule has 0 radical (unpaired) electrons. The van der Waals surface area contributed by atoms with Gasteiger partial charge in [0.25, 0.3) is 0 Å². The third-order valence-corrected chi connectivity index (χ3v) is 4.92. The highest BCUT2D eigenvalue weighted by molar-refractivity contribution is 8.00. The van der Waals surface area contributed by atoms with Gasteiger partial charge in [-0.1, -0.05) is 33.6 Å². The second-order valence-electron chi connectivity index (χ2n) is 5.13. The van der Waals surface area contributed by atoms with Gasteiger partial charge in [-0.05, 0) is 18.3 Å². The molecule has 1 aliphatic carbocycles. The van der Waals surface area contributed by atoms with Crippen LogP contribution in [0.15, 0.2) is 0 Å². The summed E-state index contributed by atoms with van der Waals surface area (Å²) in [5.41, 5.74) is 6.18. The third-order valence-electron chi connectivity index (χ3n) is 2.84. The van der Waals surface area contributed by atoms with Gasteiger partial charge in [0.05, 0.1) is 0 Å². The van der Waals surface area contributed by atoms with E-state index in [1.807, 2.05) is 0 Å². The SMILES string of the molecule is CC(C)(C)C(CN)SC1CCCC1. The Labute approximate surface area is 86.8 Å². The minimum atomic E-state index is 0.363. The maximum absolute atomic E-state index is 5.82. The fourth-order valence-electron chi connectivity index (χ4n) is 1.87. The van der Waals surface area contributed by atoms with E-state index < -0.39 is 0 Å². The monoisotopic (exact) mass is 201 g/mol. The van der Waals surface area contributed by atoms with Crippen LogP contribution < -0.4 is 5.73 Å². The Morgan fingerprint density at radius 1 is 1.31 bits per heavy atom. The lowest BCUT2D eigenvalue weighted by Gasteiger charge is -2.31. The van der Waals surface area contributed by atoms with Crippen LogP contribution in [0.25, 0.3) is 0 Å². The molecule has 1 fully saturated rings. The van der Waals surface area contributed by atoms with Crippen LogP contribution in [0.2, 0.25) is 0 Å². The highest BCUT2D eigenvalue weighted by Gasteiger charge is 2.28. The van der Waals surface area contributed by atoms with Gasteiger partial charge in [-0.2, -0.15) is 11.8 Å². The standard InChI is InChI=1S/C11H23NS/c1-11(2,3)10(8-12)13-9-6-4-5-7-9/h9-10H,4-8,12H2,1-3H3. The van der Waals surface area contributed by atoms with Crippen LogP contribution in [0.1, 0.15) is 46.5 Å². The van der Waals surface area contributed by atoms with Gasteiger partial charge < -0.3 is 5.73 Å². The summed E-state index contributed by atoms with van der Waals surface area (Å²) in [5, 5.41) is 1.53. The van der Waals surface area contributed by atoms with Crippen molar-refractivity contribution in [3.63, 3.8) is 0 Å². The molecule has 0 spiro atoms. The van der Waals surface area contributed by atoms with Crippen molar-refractivity contribution in [3.05, 3.63) is 0 Å². The zero-order valence-corrected chi connectivity index (χ0v) is 9.99. The van der Waals surface area contributed by atoms with Crippen LogP contribution in [0.5, 0.6) is 0 Å². The van der Waals surface area contributed by atoms with E-state index in [0.717, 1.165) is 11.8 Å². The average Bonchev–Trinajstić information content (AvgIpc) is 2.49. The van der Waals surface area contributed by atoms with Crippen molar-refractivity contribution in [2.45, 2.75) is 57.0 Å². The van der Waals surface area contributed by atoms with Gasteiger partial charge in [0.2, 0.25) is 0 Å². The molecule has 1 nitrogen and oxygen atoms in total. The predicted octanol–water partition coefficient (Wildman–Crippen LogP) is 3.04. The summed E-state index contributed by atoms with van der Waals surface area (Å²) in [5.74, 6) is 0. The fourth-order valence-corrected chi connectivity index (χ4v) is 3.46. The number of hydrogen-bond donors (Lipinski definition) is 1. The number of thioether (sulfide) groups is 1. The molecule has 0 aromatic rings. The second kappa shape index (κ2) is 4.70. The molecule has 0 amide bonds. The minimum Gasteiger partial charge on any atom is -0.329 e. The molecule has 1 atom stereocenters. The van der Waals surface area contributed by atoms with E-state index in [-0.39, 0.29) is 0 Å². The molecule has 1 rings (SSSR count). The zero-order chi connectivity index (χ0) is 9.90. The Morgan fingerprint density at radius 3 is 2.23 bits per heavy atom. The Morgan fingerprint density at radius 2 is 1.85 bits per heavy atom.